The van der Waals surface area contributed by atoms with E-state index in [9.17, 15) is 23.7 Å². The SMILES string of the molecule is COc1cc(OC)c(C=N/C(C#N)=C(/C#N)NC(=O)NS(=O)(=O)c2ccc(C)cc2)c(OC)c1. The summed E-state index contributed by atoms with van der Waals surface area (Å²) < 4.78 is 42.3. The summed E-state index contributed by atoms with van der Waals surface area (Å²) >= 11 is 0. The maximum Gasteiger partial charge on any atom is 0.333 e. The molecule has 0 spiro atoms. The molecule has 0 saturated heterocycles. The number of nitrogens with one attached hydrogen (secondary N) is 2. The van der Waals surface area contributed by atoms with Crippen molar-refractivity contribution in [3.05, 3.63) is 58.9 Å². The second kappa shape index (κ2) is 11.4. The molecule has 0 saturated carbocycles. The first kappa shape index (κ1) is 25.7. The van der Waals surface area contributed by atoms with E-state index in [-0.39, 0.29) is 4.90 Å². The Morgan fingerprint density at radius 2 is 1.59 bits per heavy atom. The molecule has 0 atom stereocenters. The van der Waals surface area contributed by atoms with Crippen molar-refractivity contribution in [2.24, 2.45) is 4.99 Å². The lowest BCUT2D eigenvalue weighted by molar-refractivity contribution is 0.248. The average molecular weight is 484 g/mol. The lowest BCUT2D eigenvalue weighted by atomic mass is 10.1. The summed E-state index contributed by atoms with van der Waals surface area (Å²) in [6.45, 7) is 1.78. The molecule has 0 bridgehead atoms. The van der Waals surface area contributed by atoms with E-state index in [1.54, 1.807) is 48.0 Å². The van der Waals surface area contributed by atoms with Crippen LogP contribution in [0.4, 0.5) is 4.79 Å². The highest BCUT2D eigenvalue weighted by Crippen LogP contribution is 2.32. The summed E-state index contributed by atoms with van der Waals surface area (Å²) in [4.78, 5) is 16.0. The monoisotopic (exact) mass is 483 g/mol. The van der Waals surface area contributed by atoms with Gasteiger partial charge in [0.25, 0.3) is 10.0 Å². The number of amides is 2. The Balaban J connectivity index is 2.33. The van der Waals surface area contributed by atoms with Crippen LogP contribution in [0.5, 0.6) is 17.2 Å². The van der Waals surface area contributed by atoms with E-state index < -0.39 is 27.4 Å². The van der Waals surface area contributed by atoms with Crippen LogP contribution >= 0.6 is 0 Å². The standard InChI is InChI=1S/C22H21N5O6S/c1-14-5-7-16(8-6-14)34(29,30)27-22(28)26-19(12-24)18(11-23)25-13-17-20(32-3)9-15(31-2)10-21(17)33-4/h5-10,13H,1-4H3,(H2,26,27,28)/b19-18-,25-13?. The predicted octanol–water partition coefficient (Wildman–Crippen LogP) is 2.39. The van der Waals surface area contributed by atoms with Gasteiger partial charge < -0.3 is 14.2 Å². The minimum absolute atomic E-state index is 0.145. The molecule has 0 aliphatic rings. The van der Waals surface area contributed by atoms with Crippen molar-refractivity contribution < 1.29 is 27.4 Å². The van der Waals surface area contributed by atoms with Crippen molar-refractivity contribution in [1.82, 2.24) is 10.0 Å². The van der Waals surface area contributed by atoms with Crippen LogP contribution in [0.1, 0.15) is 11.1 Å². The molecule has 34 heavy (non-hydrogen) atoms. The Labute approximate surface area is 196 Å². The Morgan fingerprint density at radius 1 is 1.00 bits per heavy atom. The highest BCUT2D eigenvalue weighted by atomic mass is 32.2. The molecule has 2 aromatic rings. The van der Waals surface area contributed by atoms with Crippen LogP contribution in [-0.4, -0.2) is 42.0 Å². The van der Waals surface area contributed by atoms with Crippen molar-refractivity contribution in [1.29, 1.82) is 10.5 Å². The average Bonchev–Trinajstić information content (AvgIpc) is 2.82. The van der Waals surface area contributed by atoms with Gasteiger partial charge in [0.2, 0.25) is 0 Å². The molecule has 2 N–H and O–H groups in total. The number of methoxy groups -OCH3 is 3. The maximum atomic E-state index is 12.4. The van der Waals surface area contributed by atoms with Crippen molar-refractivity contribution >= 4 is 22.3 Å². The summed E-state index contributed by atoms with van der Waals surface area (Å²) in [6, 6.07) is 11.0. The molecule has 0 aromatic heterocycles. The molecule has 11 nitrogen and oxygen atoms in total. The van der Waals surface area contributed by atoms with Crippen LogP contribution in [0.25, 0.3) is 0 Å². The van der Waals surface area contributed by atoms with Gasteiger partial charge in [0.1, 0.15) is 29.4 Å². The zero-order valence-electron chi connectivity index (χ0n) is 18.7. The largest absolute Gasteiger partial charge is 0.496 e. The lowest BCUT2D eigenvalue weighted by Gasteiger charge is -2.12. The number of ether oxygens (including phenoxy) is 3. The number of rotatable bonds is 8. The van der Waals surface area contributed by atoms with E-state index in [0.717, 1.165) is 5.56 Å². The molecule has 2 amide bonds. The zero-order valence-corrected chi connectivity index (χ0v) is 19.6. The molecule has 12 heteroatoms. The zero-order chi connectivity index (χ0) is 25.3. The number of hydrogen-bond donors (Lipinski definition) is 2. The fraction of sp³-hybridized carbons (Fsp3) is 0.182. The molecule has 0 heterocycles. The van der Waals surface area contributed by atoms with E-state index in [0.29, 0.717) is 22.8 Å². The maximum absolute atomic E-state index is 12.4. The minimum Gasteiger partial charge on any atom is -0.496 e. The lowest BCUT2D eigenvalue weighted by Crippen LogP contribution is -2.39. The first-order valence-corrected chi connectivity index (χ1v) is 11.0. The number of hydrogen-bond acceptors (Lipinski definition) is 9. The highest BCUT2D eigenvalue weighted by molar-refractivity contribution is 7.90. The van der Waals surface area contributed by atoms with Gasteiger partial charge in [-0.15, -0.1) is 0 Å². The fourth-order valence-corrected chi connectivity index (χ4v) is 3.52. The van der Waals surface area contributed by atoms with Gasteiger partial charge >= 0.3 is 6.03 Å². The molecule has 2 aromatic carbocycles. The van der Waals surface area contributed by atoms with Crippen LogP contribution in [0, 0.1) is 29.6 Å². The molecule has 0 aliphatic heterocycles. The quantitative estimate of drug-likeness (QED) is 0.427. The summed E-state index contributed by atoms with van der Waals surface area (Å²) in [5.41, 5.74) is 0.120. The highest BCUT2D eigenvalue weighted by Gasteiger charge is 2.19. The number of carbonyl (C=O) groups is 1. The van der Waals surface area contributed by atoms with Crippen molar-refractivity contribution in [3.8, 4) is 29.4 Å². The van der Waals surface area contributed by atoms with E-state index in [2.05, 4.69) is 4.99 Å². The number of allylic oxidation sites excluding steroid dienone is 2. The van der Waals surface area contributed by atoms with Crippen LogP contribution in [0.15, 0.2) is 57.7 Å². The number of urea groups is 1. The summed E-state index contributed by atoms with van der Waals surface area (Å²) in [5, 5.41) is 20.9. The van der Waals surface area contributed by atoms with Gasteiger partial charge in [0, 0.05) is 18.3 Å². The van der Waals surface area contributed by atoms with E-state index >= 15 is 0 Å². The first-order chi connectivity index (χ1) is 16.2. The van der Waals surface area contributed by atoms with Gasteiger partial charge in [-0.2, -0.15) is 10.5 Å². The number of nitriles is 2. The smallest absolute Gasteiger partial charge is 0.333 e. The van der Waals surface area contributed by atoms with Crippen molar-refractivity contribution in [2.45, 2.75) is 11.8 Å². The van der Waals surface area contributed by atoms with Gasteiger partial charge in [0.15, 0.2) is 11.4 Å². The van der Waals surface area contributed by atoms with Crippen molar-refractivity contribution in [3.63, 3.8) is 0 Å². The summed E-state index contributed by atoms with van der Waals surface area (Å²) in [7, 11) is 0.0838. The van der Waals surface area contributed by atoms with Crippen LogP contribution in [-0.2, 0) is 10.0 Å². The third-order valence-corrected chi connectivity index (χ3v) is 5.67. The van der Waals surface area contributed by atoms with Gasteiger partial charge in [-0.3, -0.25) is 5.32 Å². The number of carbonyl (C=O) groups excluding carboxylic acids is 1. The Morgan fingerprint density at radius 3 is 2.06 bits per heavy atom. The van der Waals surface area contributed by atoms with Crippen molar-refractivity contribution in [2.75, 3.05) is 21.3 Å². The van der Waals surface area contributed by atoms with Gasteiger partial charge in [-0.25, -0.2) is 22.9 Å². The van der Waals surface area contributed by atoms with E-state index in [1.807, 2.05) is 5.32 Å². The first-order valence-electron chi connectivity index (χ1n) is 9.48. The third-order valence-electron chi connectivity index (χ3n) is 4.33. The van der Waals surface area contributed by atoms with E-state index in [1.165, 1.54) is 39.7 Å². The molecular formula is C22H21N5O6S. The molecular weight excluding hydrogens is 462 g/mol. The second-order valence-electron chi connectivity index (χ2n) is 6.52. The number of aryl methyl sites for hydroxylation is 1. The molecule has 0 unspecified atom stereocenters. The molecule has 2 rings (SSSR count). The normalized spacial score (nSPS) is 11.6. The topological polar surface area (TPSA) is 163 Å². The van der Waals surface area contributed by atoms with Crippen LogP contribution in [0.3, 0.4) is 0 Å². The number of sulfonamides is 1. The number of nitrogens with zero attached hydrogens (tertiary/aromatic N) is 3. The van der Waals surface area contributed by atoms with Gasteiger partial charge in [-0.1, -0.05) is 17.7 Å². The minimum atomic E-state index is -4.20. The molecule has 176 valence electrons. The Kier molecular flexibility index (Phi) is 8.59. The fourth-order valence-electron chi connectivity index (χ4n) is 2.62. The van der Waals surface area contributed by atoms with Gasteiger partial charge in [-0.05, 0) is 19.1 Å². The number of benzene rings is 2. The molecule has 0 aliphatic carbocycles. The number of aliphatic imine (C=N–C) groups is 1. The van der Waals surface area contributed by atoms with Gasteiger partial charge in [0.05, 0.1) is 31.8 Å². The third kappa shape index (κ3) is 6.25. The predicted molar refractivity (Wildman–Crippen MR) is 122 cm³/mol. The van der Waals surface area contributed by atoms with E-state index in [4.69, 9.17) is 14.2 Å². The second-order valence-corrected chi connectivity index (χ2v) is 8.21. The van der Waals surface area contributed by atoms with Crippen LogP contribution < -0.4 is 24.2 Å². The summed E-state index contributed by atoms with van der Waals surface area (Å²) in [5.74, 6) is 1.07. The van der Waals surface area contributed by atoms with Crippen LogP contribution in [0.2, 0.25) is 0 Å². The Bertz CT molecular complexity index is 1290. The molecule has 0 radical (unpaired) electrons. The summed E-state index contributed by atoms with van der Waals surface area (Å²) in [6.07, 6.45) is 1.20. The molecule has 0 fully saturated rings. The Hall–Kier alpha value is -4.55.